The van der Waals surface area contributed by atoms with E-state index in [4.69, 9.17) is 10.5 Å². The van der Waals surface area contributed by atoms with Crippen LogP contribution in [0.5, 0.6) is 5.75 Å². The Balaban J connectivity index is 2.09. The number of nitrogens with zero attached hydrogens (tertiary/aromatic N) is 4. The number of nitrogens with two attached hydrogens (primary N) is 1. The van der Waals surface area contributed by atoms with E-state index in [0.717, 1.165) is 6.20 Å². The number of ether oxygens (including phenoxy) is 1. The fourth-order valence-corrected chi connectivity index (χ4v) is 2.77. The molecule has 9 heteroatoms. The zero-order chi connectivity index (χ0) is 20.3. The van der Waals surface area contributed by atoms with Gasteiger partial charge in [0.25, 0.3) is 0 Å². The lowest BCUT2D eigenvalue weighted by Crippen LogP contribution is -2.03. The molecular formula is C19H18F3N5O. The van der Waals surface area contributed by atoms with Gasteiger partial charge in [-0.3, -0.25) is 0 Å². The van der Waals surface area contributed by atoms with E-state index in [2.05, 4.69) is 21.6 Å². The highest BCUT2D eigenvalue weighted by atomic mass is 19.3. The summed E-state index contributed by atoms with van der Waals surface area (Å²) >= 11 is 0. The maximum absolute atomic E-state index is 14.5. The predicted octanol–water partition coefficient (Wildman–Crippen LogP) is 3.92. The summed E-state index contributed by atoms with van der Waals surface area (Å²) in [6.07, 6.45) is 2.67. The lowest BCUT2D eigenvalue weighted by atomic mass is 10.0. The van der Waals surface area contributed by atoms with E-state index in [1.54, 1.807) is 19.1 Å². The standard InChI is InChI=1S/C19H18F3N5O/c1-3-7-28-16-6-4-5-14(20)13(16)9-12-10-27(18(21)22)26-17(12)15-8-11(2)24-19(23)25-15/h3-6,8,10,18H,1,7,9H2,2H3,(H2,23,24,25). The van der Waals surface area contributed by atoms with Crippen molar-refractivity contribution in [2.24, 2.45) is 0 Å². The number of halogens is 3. The van der Waals surface area contributed by atoms with Gasteiger partial charge in [0, 0.05) is 29.4 Å². The third-order valence-corrected chi connectivity index (χ3v) is 3.92. The predicted molar refractivity (Wildman–Crippen MR) is 98.6 cm³/mol. The van der Waals surface area contributed by atoms with Crippen LogP contribution in [0.4, 0.5) is 19.1 Å². The Morgan fingerprint density at radius 1 is 1.32 bits per heavy atom. The number of benzene rings is 1. The van der Waals surface area contributed by atoms with Crippen LogP contribution >= 0.6 is 0 Å². The van der Waals surface area contributed by atoms with Crippen molar-refractivity contribution in [3.63, 3.8) is 0 Å². The third kappa shape index (κ3) is 4.13. The summed E-state index contributed by atoms with van der Waals surface area (Å²) in [5, 5.41) is 3.92. The second-order valence-electron chi connectivity index (χ2n) is 6.01. The van der Waals surface area contributed by atoms with E-state index in [9.17, 15) is 13.2 Å². The molecule has 0 aliphatic carbocycles. The molecule has 0 amide bonds. The first-order valence-electron chi connectivity index (χ1n) is 8.37. The first-order chi connectivity index (χ1) is 13.4. The molecule has 2 N–H and O–H groups in total. The molecule has 146 valence electrons. The van der Waals surface area contributed by atoms with Gasteiger partial charge in [0.15, 0.2) is 0 Å². The van der Waals surface area contributed by atoms with Crippen molar-refractivity contribution in [2.75, 3.05) is 12.3 Å². The first kappa shape index (κ1) is 19.4. The van der Waals surface area contributed by atoms with Crippen LogP contribution in [0, 0.1) is 12.7 Å². The van der Waals surface area contributed by atoms with Gasteiger partial charge in [0.2, 0.25) is 5.95 Å². The van der Waals surface area contributed by atoms with Crippen molar-refractivity contribution in [2.45, 2.75) is 19.9 Å². The highest BCUT2D eigenvalue weighted by Crippen LogP contribution is 2.30. The highest BCUT2D eigenvalue weighted by molar-refractivity contribution is 5.61. The number of nitrogen functional groups attached to an aromatic ring is 1. The Labute approximate surface area is 159 Å². The van der Waals surface area contributed by atoms with E-state index < -0.39 is 12.4 Å². The summed E-state index contributed by atoms with van der Waals surface area (Å²) in [6.45, 7) is 2.59. The SMILES string of the molecule is C=CCOc1cccc(F)c1Cc1cn(C(F)F)nc1-c1cc(C)nc(N)n1. The second-order valence-corrected chi connectivity index (χ2v) is 6.01. The molecule has 0 bridgehead atoms. The Morgan fingerprint density at radius 3 is 2.79 bits per heavy atom. The maximum Gasteiger partial charge on any atom is 0.333 e. The number of rotatable bonds is 7. The second kappa shape index (κ2) is 8.12. The van der Waals surface area contributed by atoms with Crippen LogP contribution in [0.15, 0.2) is 43.1 Å². The monoisotopic (exact) mass is 389 g/mol. The minimum Gasteiger partial charge on any atom is -0.489 e. The smallest absolute Gasteiger partial charge is 0.333 e. The van der Waals surface area contributed by atoms with Gasteiger partial charge in [0.1, 0.15) is 23.9 Å². The first-order valence-corrected chi connectivity index (χ1v) is 8.37. The molecule has 0 atom stereocenters. The van der Waals surface area contributed by atoms with Crippen molar-refractivity contribution in [1.82, 2.24) is 19.7 Å². The van der Waals surface area contributed by atoms with Gasteiger partial charge in [-0.15, -0.1) is 0 Å². The van der Waals surface area contributed by atoms with Gasteiger partial charge < -0.3 is 10.5 Å². The topological polar surface area (TPSA) is 78.8 Å². The molecule has 0 aliphatic rings. The zero-order valence-corrected chi connectivity index (χ0v) is 15.1. The number of hydrogen-bond donors (Lipinski definition) is 1. The largest absolute Gasteiger partial charge is 0.489 e. The molecule has 2 aromatic heterocycles. The van der Waals surface area contributed by atoms with E-state index in [-0.39, 0.29) is 35.9 Å². The van der Waals surface area contributed by atoms with Gasteiger partial charge in [-0.1, -0.05) is 18.7 Å². The molecule has 0 spiro atoms. The summed E-state index contributed by atoms with van der Waals surface area (Å²) in [5.41, 5.74) is 7.26. The maximum atomic E-state index is 14.5. The van der Waals surface area contributed by atoms with Crippen molar-refractivity contribution in [3.05, 3.63) is 65.8 Å². The van der Waals surface area contributed by atoms with Gasteiger partial charge in [-0.2, -0.15) is 13.9 Å². The zero-order valence-electron chi connectivity index (χ0n) is 15.1. The van der Waals surface area contributed by atoms with E-state index in [0.29, 0.717) is 21.7 Å². The lowest BCUT2D eigenvalue weighted by molar-refractivity contribution is 0.0567. The number of hydrogen-bond acceptors (Lipinski definition) is 5. The van der Waals surface area contributed by atoms with Crippen LogP contribution in [-0.4, -0.2) is 26.4 Å². The van der Waals surface area contributed by atoms with Gasteiger partial charge in [-0.25, -0.2) is 19.0 Å². The Kier molecular flexibility index (Phi) is 5.62. The molecule has 0 radical (unpaired) electrons. The van der Waals surface area contributed by atoms with Crippen LogP contribution in [0.25, 0.3) is 11.4 Å². The summed E-state index contributed by atoms with van der Waals surface area (Å²) < 4.78 is 46.9. The Bertz CT molecular complexity index is 983. The van der Waals surface area contributed by atoms with Crippen LogP contribution in [0.3, 0.4) is 0 Å². The molecule has 2 heterocycles. The molecule has 3 rings (SSSR count). The summed E-state index contributed by atoms with van der Waals surface area (Å²) in [7, 11) is 0. The average molecular weight is 389 g/mol. The minimum atomic E-state index is -2.86. The van der Waals surface area contributed by atoms with Crippen molar-refractivity contribution >= 4 is 5.95 Å². The quantitative estimate of drug-likeness (QED) is 0.620. The van der Waals surface area contributed by atoms with Crippen molar-refractivity contribution < 1.29 is 17.9 Å². The number of aryl methyl sites for hydroxylation is 1. The summed E-state index contributed by atoms with van der Waals surface area (Å²) in [6, 6.07) is 5.97. The normalized spacial score (nSPS) is 11.0. The molecule has 0 unspecified atom stereocenters. The van der Waals surface area contributed by atoms with Gasteiger partial charge >= 0.3 is 6.55 Å². The number of aromatic nitrogens is 4. The van der Waals surface area contributed by atoms with Crippen LogP contribution in [0.2, 0.25) is 0 Å². The van der Waals surface area contributed by atoms with E-state index >= 15 is 0 Å². The molecule has 0 saturated heterocycles. The van der Waals surface area contributed by atoms with E-state index in [1.807, 2.05) is 0 Å². The molecule has 3 aromatic rings. The Hall–Kier alpha value is -3.36. The average Bonchev–Trinajstić information content (AvgIpc) is 3.06. The fourth-order valence-electron chi connectivity index (χ4n) is 2.77. The molecule has 0 fully saturated rings. The molecule has 0 saturated carbocycles. The fraction of sp³-hybridized carbons (Fsp3) is 0.211. The lowest BCUT2D eigenvalue weighted by Gasteiger charge is -2.11. The summed E-state index contributed by atoms with van der Waals surface area (Å²) in [4.78, 5) is 8.05. The van der Waals surface area contributed by atoms with Crippen molar-refractivity contribution in [3.8, 4) is 17.1 Å². The van der Waals surface area contributed by atoms with Crippen LogP contribution in [-0.2, 0) is 6.42 Å². The number of anilines is 1. The van der Waals surface area contributed by atoms with Crippen LogP contribution in [0.1, 0.15) is 23.4 Å². The Morgan fingerprint density at radius 2 is 2.11 bits per heavy atom. The minimum absolute atomic E-state index is 0.00607. The summed E-state index contributed by atoms with van der Waals surface area (Å²) in [5.74, 6) is -0.224. The van der Waals surface area contributed by atoms with Gasteiger partial charge in [0.05, 0.1) is 5.69 Å². The number of alkyl halides is 2. The molecule has 28 heavy (non-hydrogen) atoms. The molecule has 6 nitrogen and oxygen atoms in total. The molecule has 0 aliphatic heterocycles. The van der Waals surface area contributed by atoms with Gasteiger partial charge in [-0.05, 0) is 25.1 Å². The van der Waals surface area contributed by atoms with Crippen LogP contribution < -0.4 is 10.5 Å². The van der Waals surface area contributed by atoms with E-state index in [1.165, 1.54) is 18.2 Å². The van der Waals surface area contributed by atoms with Crippen molar-refractivity contribution in [1.29, 1.82) is 0 Å². The molecule has 1 aromatic carbocycles. The third-order valence-electron chi connectivity index (χ3n) is 3.92. The highest BCUT2D eigenvalue weighted by Gasteiger charge is 2.20. The molecular weight excluding hydrogens is 371 g/mol.